The van der Waals surface area contributed by atoms with E-state index in [1.54, 1.807) is 0 Å². The van der Waals surface area contributed by atoms with Crippen molar-refractivity contribution in [3.05, 3.63) is 6.33 Å². The molecule has 3 rings (SSSR count). The van der Waals surface area contributed by atoms with Crippen molar-refractivity contribution in [1.82, 2.24) is 19.5 Å². The highest BCUT2D eigenvalue weighted by Gasteiger charge is 2.44. The number of nitrogens with zero attached hydrogens (tertiary/aromatic N) is 4. The topological polar surface area (TPSA) is 178 Å². The first-order valence-electron chi connectivity index (χ1n) is 7.13. The zero-order valence-electron chi connectivity index (χ0n) is 12.2. The van der Waals surface area contributed by atoms with Crippen LogP contribution in [0.5, 0.6) is 0 Å². The summed E-state index contributed by atoms with van der Waals surface area (Å²) in [5.74, 6) is 0.439. The average Bonchev–Trinajstić information content (AvgIpc) is 3.07. The Bertz CT molecular complexity index is 693. The van der Waals surface area contributed by atoms with Crippen LogP contribution in [0.15, 0.2) is 6.33 Å². The van der Waals surface area contributed by atoms with Crippen LogP contribution in [0.4, 0.5) is 11.8 Å². The number of rotatable bonds is 5. The molecule has 0 aromatic carbocycles. The first-order valence-corrected chi connectivity index (χ1v) is 7.13. The lowest BCUT2D eigenvalue weighted by Crippen LogP contribution is -2.33. The van der Waals surface area contributed by atoms with Crippen molar-refractivity contribution < 1.29 is 20.1 Å². The monoisotopic (exact) mass is 325 g/mol. The molecular weight excluding hydrogens is 306 g/mol. The van der Waals surface area contributed by atoms with E-state index in [9.17, 15) is 15.3 Å². The highest BCUT2D eigenvalue weighted by atomic mass is 16.6. The minimum atomic E-state index is -1.24. The number of anilines is 2. The third-order valence-electron chi connectivity index (χ3n) is 3.67. The van der Waals surface area contributed by atoms with Gasteiger partial charge < -0.3 is 36.8 Å². The molecule has 0 amide bonds. The van der Waals surface area contributed by atoms with Gasteiger partial charge in [0.15, 0.2) is 23.2 Å². The molecule has 0 unspecified atom stereocenters. The summed E-state index contributed by atoms with van der Waals surface area (Å²) in [6.45, 7) is 0.467. The molecule has 0 aliphatic carbocycles. The number of hydrogen-bond donors (Lipinski definition) is 6. The number of ether oxygens (including phenoxy) is 1. The summed E-state index contributed by atoms with van der Waals surface area (Å²) >= 11 is 0. The molecule has 0 saturated carbocycles. The normalized spacial score (nSPS) is 27.7. The molecule has 126 valence electrons. The lowest BCUT2D eigenvalue weighted by molar-refractivity contribution is -0.0511. The maximum absolute atomic E-state index is 10.1. The van der Waals surface area contributed by atoms with Gasteiger partial charge in [-0.1, -0.05) is 0 Å². The Kier molecular flexibility index (Phi) is 4.28. The number of aromatic nitrogens is 4. The van der Waals surface area contributed by atoms with Gasteiger partial charge in [0.05, 0.1) is 12.9 Å². The number of hydrogen-bond acceptors (Lipinski definition) is 10. The molecule has 0 radical (unpaired) electrons. The van der Waals surface area contributed by atoms with Gasteiger partial charge in [0.25, 0.3) is 0 Å². The van der Waals surface area contributed by atoms with Gasteiger partial charge in [-0.3, -0.25) is 4.57 Å². The van der Waals surface area contributed by atoms with Crippen molar-refractivity contribution in [1.29, 1.82) is 0 Å². The van der Waals surface area contributed by atoms with Crippen molar-refractivity contribution in [2.75, 3.05) is 30.7 Å². The van der Waals surface area contributed by atoms with E-state index in [2.05, 4.69) is 20.3 Å². The molecule has 8 N–H and O–H groups in total. The van der Waals surface area contributed by atoms with Gasteiger partial charge in [-0.05, 0) is 0 Å². The zero-order chi connectivity index (χ0) is 16.6. The summed E-state index contributed by atoms with van der Waals surface area (Å²) in [6.07, 6.45) is -2.87. The molecule has 23 heavy (non-hydrogen) atoms. The van der Waals surface area contributed by atoms with E-state index in [4.69, 9.17) is 16.2 Å². The molecule has 2 aromatic heterocycles. The van der Waals surface area contributed by atoms with Crippen LogP contribution < -0.4 is 16.8 Å². The summed E-state index contributed by atoms with van der Waals surface area (Å²) in [5.41, 5.74) is 11.9. The second-order valence-electron chi connectivity index (χ2n) is 5.20. The average molecular weight is 325 g/mol. The van der Waals surface area contributed by atoms with Crippen molar-refractivity contribution in [2.24, 2.45) is 5.73 Å². The van der Waals surface area contributed by atoms with Gasteiger partial charge >= 0.3 is 0 Å². The first kappa shape index (κ1) is 15.8. The number of aliphatic hydroxyl groups excluding tert-OH is 3. The number of aliphatic hydroxyl groups is 3. The van der Waals surface area contributed by atoms with Crippen LogP contribution >= 0.6 is 0 Å². The Balaban J connectivity index is 2.01. The second kappa shape index (κ2) is 6.22. The van der Waals surface area contributed by atoms with E-state index >= 15 is 0 Å². The number of fused-ring (bicyclic) bond motifs is 1. The highest BCUT2D eigenvalue weighted by Crippen LogP contribution is 2.32. The van der Waals surface area contributed by atoms with Crippen LogP contribution in [0.2, 0.25) is 0 Å². The summed E-state index contributed by atoms with van der Waals surface area (Å²) in [4.78, 5) is 12.4. The van der Waals surface area contributed by atoms with Gasteiger partial charge in [0.1, 0.15) is 18.3 Å². The minimum absolute atomic E-state index is 0.0190. The summed E-state index contributed by atoms with van der Waals surface area (Å²) in [6, 6.07) is 0. The van der Waals surface area contributed by atoms with E-state index < -0.39 is 31.1 Å². The van der Waals surface area contributed by atoms with Gasteiger partial charge in [0, 0.05) is 13.1 Å². The number of nitrogens with one attached hydrogen (secondary N) is 1. The molecule has 1 saturated heterocycles. The van der Waals surface area contributed by atoms with Crippen molar-refractivity contribution >= 4 is 22.9 Å². The van der Waals surface area contributed by atoms with Crippen LogP contribution in [0, 0.1) is 0 Å². The lowest BCUT2D eigenvalue weighted by atomic mass is 10.1. The predicted octanol–water partition coefficient (Wildman–Crippen LogP) is -2.61. The third kappa shape index (κ3) is 2.68. The molecule has 1 aliphatic rings. The Morgan fingerprint density at radius 2 is 2.09 bits per heavy atom. The van der Waals surface area contributed by atoms with Crippen LogP contribution in [0.3, 0.4) is 0 Å². The van der Waals surface area contributed by atoms with E-state index in [0.717, 1.165) is 0 Å². The van der Waals surface area contributed by atoms with E-state index in [1.807, 2.05) is 0 Å². The summed E-state index contributed by atoms with van der Waals surface area (Å²) in [7, 11) is 0. The fourth-order valence-electron chi connectivity index (χ4n) is 2.54. The van der Waals surface area contributed by atoms with Crippen molar-refractivity contribution in [3.8, 4) is 0 Å². The number of nitrogens with two attached hydrogens (primary N) is 2. The van der Waals surface area contributed by atoms with Crippen LogP contribution in [-0.2, 0) is 4.74 Å². The maximum Gasteiger partial charge on any atom is 0.224 e. The quantitative estimate of drug-likeness (QED) is 0.341. The van der Waals surface area contributed by atoms with Gasteiger partial charge in [0.2, 0.25) is 5.95 Å². The molecule has 4 atom stereocenters. The Morgan fingerprint density at radius 1 is 1.30 bits per heavy atom. The molecule has 2 aromatic rings. The Labute approximate surface area is 130 Å². The number of imidazole rings is 1. The summed E-state index contributed by atoms with van der Waals surface area (Å²) < 4.78 is 6.93. The van der Waals surface area contributed by atoms with Crippen molar-refractivity contribution in [2.45, 2.75) is 24.5 Å². The van der Waals surface area contributed by atoms with Crippen molar-refractivity contribution in [3.63, 3.8) is 0 Å². The fourth-order valence-corrected chi connectivity index (χ4v) is 2.54. The van der Waals surface area contributed by atoms with E-state index in [-0.39, 0.29) is 5.95 Å². The van der Waals surface area contributed by atoms with Gasteiger partial charge in [-0.25, -0.2) is 4.98 Å². The molecule has 1 aliphatic heterocycles. The molecule has 0 spiro atoms. The van der Waals surface area contributed by atoms with Crippen LogP contribution in [0.25, 0.3) is 11.2 Å². The molecule has 11 nitrogen and oxygen atoms in total. The Morgan fingerprint density at radius 3 is 2.74 bits per heavy atom. The van der Waals surface area contributed by atoms with E-state index in [0.29, 0.717) is 30.1 Å². The molecule has 1 fully saturated rings. The van der Waals surface area contributed by atoms with E-state index in [1.165, 1.54) is 10.9 Å². The molecule has 11 heteroatoms. The molecule has 0 bridgehead atoms. The zero-order valence-corrected chi connectivity index (χ0v) is 12.2. The predicted molar refractivity (Wildman–Crippen MR) is 80.3 cm³/mol. The lowest BCUT2D eigenvalue weighted by Gasteiger charge is -2.16. The van der Waals surface area contributed by atoms with Crippen LogP contribution in [0.1, 0.15) is 6.23 Å². The smallest absolute Gasteiger partial charge is 0.224 e. The molecule has 3 heterocycles. The second-order valence-corrected chi connectivity index (χ2v) is 5.20. The standard InChI is InChI=1S/C12H19N7O4/c13-1-2-15-9-6-10(18-12(14)17-9)19(4-16-6)11-8(22)7(21)5(3-20)23-11/h4-5,7-8,11,20-22H,1-3,13H2,(H3,14,15,17,18)/t5-,7-,8-,11-/m1/s1. The SMILES string of the molecule is NCCNc1nc(N)nc2c1ncn2[C@@H]1O[C@H](CO)[C@@H](O)[C@H]1O. The fraction of sp³-hybridized carbons (Fsp3) is 0.583. The first-order chi connectivity index (χ1) is 11.1. The maximum atomic E-state index is 10.1. The largest absolute Gasteiger partial charge is 0.394 e. The summed E-state index contributed by atoms with van der Waals surface area (Å²) in [5, 5.41) is 32.2. The van der Waals surface area contributed by atoms with Gasteiger partial charge in [-0.2, -0.15) is 9.97 Å². The highest BCUT2D eigenvalue weighted by molar-refractivity contribution is 5.84. The third-order valence-corrected chi connectivity index (χ3v) is 3.67. The molecular formula is C12H19N7O4. The Hall–Kier alpha value is -2.05. The minimum Gasteiger partial charge on any atom is -0.394 e. The van der Waals surface area contributed by atoms with Gasteiger partial charge in [-0.15, -0.1) is 0 Å². The number of nitrogen functional groups attached to an aromatic ring is 1. The van der Waals surface area contributed by atoms with Crippen LogP contribution in [-0.4, -0.2) is 72.8 Å².